The van der Waals surface area contributed by atoms with E-state index in [0.29, 0.717) is 36.0 Å². The Bertz CT molecular complexity index is 935. The Morgan fingerprint density at radius 2 is 2.00 bits per heavy atom. The van der Waals surface area contributed by atoms with Crippen LogP contribution < -0.4 is 5.56 Å². The molecule has 1 amide bonds. The minimum atomic E-state index is -0.285. The molecule has 0 unspecified atom stereocenters. The number of aromatic nitrogens is 2. The minimum Gasteiger partial charge on any atom is -0.469 e. The van der Waals surface area contributed by atoms with E-state index in [-0.39, 0.29) is 23.9 Å². The summed E-state index contributed by atoms with van der Waals surface area (Å²) >= 11 is 0. The summed E-state index contributed by atoms with van der Waals surface area (Å²) in [6.45, 7) is 1.16. The lowest BCUT2D eigenvalue weighted by molar-refractivity contribution is -0.140. The molecule has 3 rings (SSSR count). The van der Waals surface area contributed by atoms with Crippen molar-refractivity contribution >= 4 is 22.8 Å². The van der Waals surface area contributed by atoms with Crippen molar-refractivity contribution in [2.75, 3.05) is 20.7 Å². The number of benzene rings is 1. The maximum atomic E-state index is 12.9. The normalized spacial score (nSPS) is 14.1. The van der Waals surface area contributed by atoms with Crippen molar-refractivity contribution in [2.45, 2.75) is 51.5 Å². The molecule has 0 saturated heterocycles. The van der Waals surface area contributed by atoms with Gasteiger partial charge in [-0.05, 0) is 37.5 Å². The van der Waals surface area contributed by atoms with Gasteiger partial charge < -0.3 is 9.64 Å². The van der Waals surface area contributed by atoms with Crippen LogP contribution in [0.4, 0.5) is 0 Å². The molecule has 0 radical (unpaired) electrons. The quantitative estimate of drug-likeness (QED) is 0.739. The predicted molar refractivity (Wildman–Crippen MR) is 106 cm³/mol. The second-order valence-corrected chi connectivity index (χ2v) is 7.29. The maximum absolute atomic E-state index is 12.9. The first-order chi connectivity index (χ1) is 13.5. The fraction of sp³-hybridized carbons (Fsp3) is 0.524. The molecular weight excluding hydrogens is 358 g/mol. The number of nitrogens with zero attached hydrogens (tertiary/aromatic N) is 3. The van der Waals surface area contributed by atoms with Gasteiger partial charge in [-0.3, -0.25) is 19.0 Å². The summed E-state index contributed by atoms with van der Waals surface area (Å²) in [7, 11) is 3.05. The summed E-state index contributed by atoms with van der Waals surface area (Å²) < 4.78 is 6.41. The Morgan fingerprint density at radius 3 is 2.79 bits per heavy atom. The average molecular weight is 385 g/mol. The van der Waals surface area contributed by atoms with Gasteiger partial charge in [0.2, 0.25) is 0 Å². The summed E-state index contributed by atoms with van der Waals surface area (Å²) in [5, 5.41) is 0.550. The smallest absolute Gasteiger partial charge is 0.305 e. The molecule has 0 N–H and O–H groups in total. The predicted octanol–water partition coefficient (Wildman–Crippen LogP) is 2.54. The van der Waals surface area contributed by atoms with Crippen LogP contribution in [0.25, 0.3) is 10.9 Å². The number of aryl methyl sites for hydroxylation is 1. The van der Waals surface area contributed by atoms with Crippen molar-refractivity contribution in [2.24, 2.45) is 0 Å². The van der Waals surface area contributed by atoms with E-state index in [1.165, 1.54) is 7.11 Å². The van der Waals surface area contributed by atoms with E-state index in [2.05, 4.69) is 4.74 Å². The molecule has 0 spiro atoms. The summed E-state index contributed by atoms with van der Waals surface area (Å²) in [5.74, 6) is 0.376. The first-order valence-electron chi connectivity index (χ1n) is 9.87. The van der Waals surface area contributed by atoms with Gasteiger partial charge in [-0.25, -0.2) is 4.98 Å². The zero-order valence-electron chi connectivity index (χ0n) is 16.6. The van der Waals surface area contributed by atoms with Crippen molar-refractivity contribution in [3.05, 3.63) is 39.9 Å². The number of esters is 1. The van der Waals surface area contributed by atoms with Crippen molar-refractivity contribution in [1.82, 2.24) is 14.5 Å². The molecule has 1 aliphatic rings. The van der Waals surface area contributed by atoms with E-state index in [1.54, 1.807) is 34.7 Å². The molecule has 1 aliphatic heterocycles. The van der Waals surface area contributed by atoms with E-state index in [0.717, 1.165) is 37.9 Å². The van der Waals surface area contributed by atoms with Crippen LogP contribution in [-0.4, -0.2) is 47.0 Å². The fourth-order valence-corrected chi connectivity index (χ4v) is 3.61. The largest absolute Gasteiger partial charge is 0.469 e. The van der Waals surface area contributed by atoms with Crippen LogP contribution in [0, 0.1) is 0 Å². The minimum absolute atomic E-state index is 0.0210. The molecule has 28 heavy (non-hydrogen) atoms. The SMILES string of the molecule is COC(=O)CCCN(C)C(=O)c1ccc2c(=O)n3c(nc2c1)CCCCCC3. The van der Waals surface area contributed by atoms with E-state index >= 15 is 0 Å². The number of hydrogen-bond donors (Lipinski definition) is 0. The molecule has 1 aromatic heterocycles. The zero-order valence-corrected chi connectivity index (χ0v) is 16.6. The van der Waals surface area contributed by atoms with Crippen LogP contribution in [0.3, 0.4) is 0 Å². The van der Waals surface area contributed by atoms with Gasteiger partial charge in [0.05, 0.1) is 18.0 Å². The standard InChI is InChI=1S/C21H27N3O4/c1-23(12-7-9-19(25)28-2)20(26)15-10-11-16-17(14-15)22-18-8-5-3-4-6-13-24(18)21(16)27/h10-11,14H,3-9,12-13H2,1-2H3. The molecule has 0 saturated carbocycles. The topological polar surface area (TPSA) is 81.5 Å². The van der Waals surface area contributed by atoms with Crippen LogP contribution >= 0.6 is 0 Å². The highest BCUT2D eigenvalue weighted by Gasteiger charge is 2.17. The molecule has 2 heterocycles. The highest BCUT2D eigenvalue weighted by molar-refractivity contribution is 5.97. The fourth-order valence-electron chi connectivity index (χ4n) is 3.61. The number of amides is 1. The number of carbonyl (C=O) groups is 2. The number of methoxy groups -OCH3 is 1. The third-order valence-corrected chi connectivity index (χ3v) is 5.26. The average Bonchev–Trinajstić information content (AvgIpc) is 2.68. The first kappa shape index (κ1) is 20.0. The molecule has 0 fully saturated rings. The number of ether oxygens (including phenoxy) is 1. The highest BCUT2D eigenvalue weighted by Crippen LogP contribution is 2.17. The Labute approximate surface area is 164 Å². The van der Waals surface area contributed by atoms with E-state index in [4.69, 9.17) is 4.98 Å². The molecule has 0 aliphatic carbocycles. The molecule has 2 aromatic rings. The van der Waals surface area contributed by atoms with Gasteiger partial charge >= 0.3 is 5.97 Å². The second-order valence-electron chi connectivity index (χ2n) is 7.29. The Balaban J connectivity index is 1.83. The van der Waals surface area contributed by atoms with Gasteiger partial charge in [0, 0.05) is 38.5 Å². The molecule has 0 atom stereocenters. The molecule has 7 heteroatoms. The van der Waals surface area contributed by atoms with Gasteiger partial charge in [-0.15, -0.1) is 0 Å². The van der Waals surface area contributed by atoms with Crippen molar-refractivity contribution in [1.29, 1.82) is 0 Å². The Kier molecular flexibility index (Phi) is 6.44. The molecule has 1 aromatic carbocycles. The van der Waals surface area contributed by atoms with Crippen molar-refractivity contribution in [3.8, 4) is 0 Å². The lowest BCUT2D eigenvalue weighted by Crippen LogP contribution is -2.29. The molecule has 150 valence electrons. The van der Waals surface area contributed by atoms with Crippen molar-refractivity contribution < 1.29 is 14.3 Å². The lowest BCUT2D eigenvalue weighted by Gasteiger charge is -2.18. The van der Waals surface area contributed by atoms with Crippen LogP contribution in [-0.2, 0) is 22.5 Å². The summed E-state index contributed by atoms with van der Waals surface area (Å²) in [6.07, 6.45) is 5.91. The zero-order chi connectivity index (χ0) is 20.1. The van der Waals surface area contributed by atoms with Gasteiger partial charge in [0.15, 0.2) is 0 Å². The van der Waals surface area contributed by atoms with Gasteiger partial charge in [0.1, 0.15) is 5.82 Å². The second kappa shape index (κ2) is 8.99. The van der Waals surface area contributed by atoms with E-state index < -0.39 is 0 Å². The molecule has 7 nitrogen and oxygen atoms in total. The van der Waals surface area contributed by atoms with Gasteiger partial charge in [0.25, 0.3) is 11.5 Å². The van der Waals surface area contributed by atoms with Crippen LogP contribution in [0.5, 0.6) is 0 Å². The molecular formula is C21H27N3O4. The summed E-state index contributed by atoms with van der Waals surface area (Å²) in [6, 6.07) is 5.09. The third kappa shape index (κ3) is 4.40. The Morgan fingerprint density at radius 1 is 1.21 bits per heavy atom. The number of hydrogen-bond acceptors (Lipinski definition) is 5. The number of rotatable bonds is 5. The lowest BCUT2D eigenvalue weighted by atomic mass is 10.1. The number of fused-ring (bicyclic) bond motifs is 2. The van der Waals surface area contributed by atoms with Crippen LogP contribution in [0.1, 0.15) is 54.7 Å². The molecule has 0 bridgehead atoms. The maximum Gasteiger partial charge on any atom is 0.305 e. The number of carbonyl (C=O) groups excluding carboxylic acids is 2. The van der Waals surface area contributed by atoms with Gasteiger partial charge in [-0.1, -0.05) is 12.8 Å². The first-order valence-corrected chi connectivity index (χ1v) is 9.87. The van der Waals surface area contributed by atoms with E-state index in [9.17, 15) is 14.4 Å². The summed E-state index contributed by atoms with van der Waals surface area (Å²) in [4.78, 5) is 43.1. The van der Waals surface area contributed by atoms with E-state index in [1.807, 2.05) is 0 Å². The Hall–Kier alpha value is -2.70. The monoisotopic (exact) mass is 385 g/mol. The van der Waals surface area contributed by atoms with Gasteiger partial charge in [-0.2, -0.15) is 0 Å². The van der Waals surface area contributed by atoms with Crippen LogP contribution in [0.2, 0.25) is 0 Å². The summed E-state index contributed by atoms with van der Waals surface area (Å²) in [5.41, 5.74) is 1.05. The van der Waals surface area contributed by atoms with Crippen molar-refractivity contribution in [3.63, 3.8) is 0 Å². The third-order valence-electron chi connectivity index (χ3n) is 5.26. The highest BCUT2D eigenvalue weighted by atomic mass is 16.5. The van der Waals surface area contributed by atoms with Crippen LogP contribution in [0.15, 0.2) is 23.0 Å².